The molecular formula is C14H19NO3. The molecule has 4 heteroatoms. The van der Waals surface area contributed by atoms with E-state index in [9.17, 15) is 9.59 Å². The minimum Gasteiger partial charge on any atom is -0.462 e. The Balaban J connectivity index is 2.60. The van der Waals surface area contributed by atoms with Gasteiger partial charge in [0.25, 0.3) is 0 Å². The van der Waals surface area contributed by atoms with Crippen molar-refractivity contribution in [1.82, 2.24) is 0 Å². The highest BCUT2D eigenvalue weighted by molar-refractivity contribution is 5.93. The quantitative estimate of drug-likeness (QED) is 0.816. The van der Waals surface area contributed by atoms with Gasteiger partial charge in [-0.05, 0) is 37.1 Å². The molecule has 0 aromatic heterocycles. The third-order valence-corrected chi connectivity index (χ3v) is 2.27. The molecule has 18 heavy (non-hydrogen) atoms. The van der Waals surface area contributed by atoms with E-state index in [4.69, 9.17) is 4.74 Å². The zero-order valence-electron chi connectivity index (χ0n) is 11.0. The number of hydrogen-bond donors (Lipinski definition) is 1. The monoisotopic (exact) mass is 249 g/mol. The molecule has 98 valence electrons. The first-order valence-corrected chi connectivity index (χ1v) is 6.10. The summed E-state index contributed by atoms with van der Waals surface area (Å²) in [5.74, 6) is -0.0461. The predicted molar refractivity (Wildman–Crippen MR) is 70.5 cm³/mol. The molecule has 0 aliphatic heterocycles. The molecular weight excluding hydrogens is 230 g/mol. The Bertz CT molecular complexity index is 410. The largest absolute Gasteiger partial charge is 0.462 e. The van der Waals surface area contributed by atoms with E-state index >= 15 is 0 Å². The van der Waals surface area contributed by atoms with Crippen LogP contribution in [-0.4, -0.2) is 18.5 Å². The van der Waals surface area contributed by atoms with Crippen molar-refractivity contribution >= 4 is 17.6 Å². The lowest BCUT2D eigenvalue weighted by Crippen LogP contribution is -2.14. The number of anilines is 1. The fraction of sp³-hybridized carbons (Fsp3) is 0.429. The molecule has 1 aromatic carbocycles. The lowest BCUT2D eigenvalue weighted by molar-refractivity contribution is -0.116. The van der Waals surface area contributed by atoms with Crippen LogP contribution in [0, 0.1) is 5.92 Å². The van der Waals surface area contributed by atoms with Gasteiger partial charge in [-0.3, -0.25) is 4.79 Å². The van der Waals surface area contributed by atoms with Gasteiger partial charge in [0.2, 0.25) is 5.91 Å². The van der Waals surface area contributed by atoms with Crippen LogP contribution < -0.4 is 5.32 Å². The molecule has 0 unspecified atom stereocenters. The molecule has 4 nitrogen and oxygen atoms in total. The van der Waals surface area contributed by atoms with Crippen molar-refractivity contribution in [2.45, 2.75) is 27.2 Å². The van der Waals surface area contributed by atoms with Gasteiger partial charge in [0.1, 0.15) is 0 Å². The summed E-state index contributed by atoms with van der Waals surface area (Å²) >= 11 is 0. The van der Waals surface area contributed by atoms with Crippen molar-refractivity contribution in [3.63, 3.8) is 0 Å². The average molecular weight is 249 g/mol. The van der Waals surface area contributed by atoms with Crippen LogP contribution in [0.1, 0.15) is 37.6 Å². The van der Waals surface area contributed by atoms with E-state index < -0.39 is 0 Å². The summed E-state index contributed by atoms with van der Waals surface area (Å²) in [7, 11) is 0. The van der Waals surface area contributed by atoms with Crippen LogP contribution in [0.15, 0.2) is 24.3 Å². The summed E-state index contributed by atoms with van der Waals surface area (Å²) in [5.41, 5.74) is 1.17. The molecule has 0 fully saturated rings. The van der Waals surface area contributed by atoms with Crippen molar-refractivity contribution < 1.29 is 14.3 Å². The highest BCUT2D eigenvalue weighted by atomic mass is 16.5. The SMILES string of the molecule is CCOC(=O)c1ccc(NC(=O)CC(C)C)cc1. The Kier molecular flexibility index (Phi) is 5.36. The number of amides is 1. The van der Waals surface area contributed by atoms with Gasteiger partial charge in [-0.15, -0.1) is 0 Å². The number of esters is 1. The van der Waals surface area contributed by atoms with Crippen LogP contribution in [-0.2, 0) is 9.53 Å². The molecule has 1 aromatic rings. The minimum absolute atomic E-state index is 0.0196. The van der Waals surface area contributed by atoms with Gasteiger partial charge in [-0.2, -0.15) is 0 Å². The molecule has 0 aliphatic carbocycles. The van der Waals surface area contributed by atoms with Gasteiger partial charge in [-0.1, -0.05) is 13.8 Å². The molecule has 1 rings (SSSR count). The molecule has 0 saturated carbocycles. The molecule has 0 radical (unpaired) electrons. The molecule has 0 saturated heterocycles. The van der Waals surface area contributed by atoms with E-state index in [1.165, 1.54) is 0 Å². The Labute approximate surface area is 107 Å². The predicted octanol–water partition coefficient (Wildman–Crippen LogP) is 2.85. The smallest absolute Gasteiger partial charge is 0.338 e. The van der Waals surface area contributed by atoms with E-state index in [1.54, 1.807) is 31.2 Å². The van der Waals surface area contributed by atoms with Crippen LogP contribution in [0.25, 0.3) is 0 Å². The molecule has 0 atom stereocenters. The molecule has 1 amide bonds. The Hall–Kier alpha value is -1.84. The lowest BCUT2D eigenvalue weighted by Gasteiger charge is -2.07. The lowest BCUT2D eigenvalue weighted by atomic mass is 10.1. The first-order chi connectivity index (χ1) is 8.52. The highest BCUT2D eigenvalue weighted by Crippen LogP contribution is 2.12. The van der Waals surface area contributed by atoms with Crippen molar-refractivity contribution in [2.75, 3.05) is 11.9 Å². The zero-order valence-corrected chi connectivity index (χ0v) is 11.0. The van der Waals surface area contributed by atoms with Crippen LogP contribution in [0.2, 0.25) is 0 Å². The van der Waals surface area contributed by atoms with E-state index in [1.807, 2.05) is 13.8 Å². The Morgan fingerprint density at radius 2 is 1.83 bits per heavy atom. The highest BCUT2D eigenvalue weighted by Gasteiger charge is 2.08. The Morgan fingerprint density at radius 3 is 2.33 bits per heavy atom. The third-order valence-electron chi connectivity index (χ3n) is 2.27. The van der Waals surface area contributed by atoms with E-state index in [0.29, 0.717) is 30.2 Å². The van der Waals surface area contributed by atoms with Crippen molar-refractivity contribution in [1.29, 1.82) is 0 Å². The van der Waals surface area contributed by atoms with Gasteiger partial charge < -0.3 is 10.1 Å². The first kappa shape index (κ1) is 14.2. The molecule has 0 heterocycles. The number of ether oxygens (including phenoxy) is 1. The average Bonchev–Trinajstić information content (AvgIpc) is 2.29. The van der Waals surface area contributed by atoms with Crippen LogP contribution in [0.5, 0.6) is 0 Å². The van der Waals surface area contributed by atoms with Gasteiger partial charge in [0.05, 0.1) is 12.2 Å². The van der Waals surface area contributed by atoms with Crippen LogP contribution >= 0.6 is 0 Å². The first-order valence-electron chi connectivity index (χ1n) is 6.10. The van der Waals surface area contributed by atoms with Gasteiger partial charge in [0, 0.05) is 12.1 Å². The number of nitrogens with one attached hydrogen (secondary N) is 1. The minimum atomic E-state index is -0.349. The Morgan fingerprint density at radius 1 is 1.22 bits per heavy atom. The standard InChI is InChI=1S/C14H19NO3/c1-4-18-14(17)11-5-7-12(8-6-11)15-13(16)9-10(2)3/h5-8,10H,4,9H2,1-3H3,(H,15,16). The van der Waals surface area contributed by atoms with Gasteiger partial charge in [-0.25, -0.2) is 4.79 Å². The number of rotatable bonds is 5. The number of carbonyl (C=O) groups is 2. The summed E-state index contributed by atoms with van der Waals surface area (Å²) in [4.78, 5) is 23.0. The van der Waals surface area contributed by atoms with E-state index in [0.717, 1.165) is 0 Å². The summed E-state index contributed by atoms with van der Waals surface area (Å²) < 4.78 is 4.88. The van der Waals surface area contributed by atoms with Crippen molar-refractivity contribution in [2.24, 2.45) is 5.92 Å². The second kappa shape index (κ2) is 6.79. The van der Waals surface area contributed by atoms with Crippen molar-refractivity contribution in [3.05, 3.63) is 29.8 Å². The van der Waals surface area contributed by atoms with Gasteiger partial charge >= 0.3 is 5.97 Å². The van der Waals surface area contributed by atoms with Crippen molar-refractivity contribution in [3.8, 4) is 0 Å². The maximum absolute atomic E-state index is 11.5. The summed E-state index contributed by atoms with van der Waals surface area (Å²) in [6, 6.07) is 6.68. The summed E-state index contributed by atoms with van der Waals surface area (Å²) in [6.45, 7) is 6.09. The molecule has 0 aliphatic rings. The second-order valence-electron chi connectivity index (χ2n) is 4.44. The van der Waals surface area contributed by atoms with Crippen LogP contribution in [0.4, 0.5) is 5.69 Å². The third kappa shape index (κ3) is 4.57. The summed E-state index contributed by atoms with van der Waals surface area (Å²) in [5, 5.41) is 2.78. The van der Waals surface area contributed by atoms with E-state index in [-0.39, 0.29) is 11.9 Å². The number of carbonyl (C=O) groups excluding carboxylic acids is 2. The van der Waals surface area contributed by atoms with Gasteiger partial charge in [0.15, 0.2) is 0 Å². The number of hydrogen-bond acceptors (Lipinski definition) is 3. The molecule has 0 spiro atoms. The van der Waals surface area contributed by atoms with Crippen LogP contribution in [0.3, 0.4) is 0 Å². The normalized spacial score (nSPS) is 10.2. The maximum Gasteiger partial charge on any atom is 0.338 e. The van der Waals surface area contributed by atoms with E-state index in [2.05, 4.69) is 5.32 Å². The molecule has 0 bridgehead atoms. The second-order valence-corrected chi connectivity index (χ2v) is 4.44. The summed E-state index contributed by atoms with van der Waals surface area (Å²) in [6.07, 6.45) is 0.486. The topological polar surface area (TPSA) is 55.4 Å². The zero-order chi connectivity index (χ0) is 13.5. The number of benzene rings is 1. The molecule has 1 N–H and O–H groups in total. The fourth-order valence-corrected chi connectivity index (χ4v) is 1.49. The maximum atomic E-state index is 11.5. The fourth-order valence-electron chi connectivity index (χ4n) is 1.49.